The molecule has 7 heteroatoms. The van der Waals surface area contributed by atoms with Crippen molar-refractivity contribution >= 4 is 11.9 Å². The van der Waals surface area contributed by atoms with Crippen LogP contribution < -0.4 is 4.74 Å². The molecule has 0 spiro atoms. The molecule has 2 aromatic carbocycles. The Morgan fingerprint density at radius 3 is 2.84 bits per heavy atom. The number of aliphatic carboxylic acids is 1. The minimum absolute atomic E-state index is 0.0166. The molecule has 0 saturated carbocycles. The van der Waals surface area contributed by atoms with E-state index in [4.69, 9.17) is 14.4 Å². The molecule has 1 atom stereocenters. The summed E-state index contributed by atoms with van der Waals surface area (Å²) >= 11 is 0. The maximum absolute atomic E-state index is 13.3. The Morgan fingerprint density at radius 2 is 2.03 bits per heavy atom. The number of amides is 1. The number of rotatable bonds is 8. The predicted octanol–water partition coefficient (Wildman–Crippen LogP) is 4.56. The largest absolute Gasteiger partial charge is 0.489 e. The lowest BCUT2D eigenvalue weighted by Crippen LogP contribution is -2.30. The SMILES string of the molecule is Cc1ccccc1COc1cccc(C(=O)N2CCCC2c2cc(CCC(=O)O)on2)c1. The molecule has 1 amide bonds. The van der Waals surface area contributed by atoms with E-state index >= 15 is 0 Å². The van der Waals surface area contributed by atoms with Gasteiger partial charge in [-0.1, -0.05) is 35.5 Å². The second-order valence-electron chi connectivity index (χ2n) is 8.01. The highest BCUT2D eigenvalue weighted by atomic mass is 16.5. The fourth-order valence-electron chi connectivity index (χ4n) is 3.97. The van der Waals surface area contributed by atoms with Gasteiger partial charge in [-0.05, 0) is 49.1 Å². The summed E-state index contributed by atoms with van der Waals surface area (Å²) in [7, 11) is 0. The van der Waals surface area contributed by atoms with Gasteiger partial charge in [0.25, 0.3) is 5.91 Å². The number of likely N-dealkylation sites (tertiary alicyclic amines) is 1. The van der Waals surface area contributed by atoms with Gasteiger partial charge in [0, 0.05) is 24.6 Å². The Bertz CT molecular complexity index is 1110. The van der Waals surface area contributed by atoms with E-state index in [1.165, 1.54) is 0 Å². The van der Waals surface area contributed by atoms with Gasteiger partial charge in [0.2, 0.25) is 0 Å². The third-order valence-electron chi connectivity index (χ3n) is 5.75. The topological polar surface area (TPSA) is 92.9 Å². The van der Waals surface area contributed by atoms with Crippen LogP contribution in [0.5, 0.6) is 5.75 Å². The van der Waals surface area contributed by atoms with Crippen LogP contribution in [0, 0.1) is 6.92 Å². The molecule has 1 fully saturated rings. The number of nitrogens with zero attached hydrogens (tertiary/aromatic N) is 2. The summed E-state index contributed by atoms with van der Waals surface area (Å²) in [6.07, 6.45) is 1.93. The molecule has 1 aliphatic heterocycles. The molecule has 1 saturated heterocycles. The predicted molar refractivity (Wildman–Crippen MR) is 117 cm³/mol. The quantitative estimate of drug-likeness (QED) is 0.559. The van der Waals surface area contributed by atoms with E-state index in [-0.39, 0.29) is 24.8 Å². The number of aromatic nitrogens is 1. The number of carboxylic acid groups (broad SMARTS) is 1. The first-order valence-corrected chi connectivity index (χ1v) is 10.8. The van der Waals surface area contributed by atoms with Crippen LogP contribution in [0.3, 0.4) is 0 Å². The van der Waals surface area contributed by atoms with Crippen LogP contribution in [-0.2, 0) is 17.8 Å². The Morgan fingerprint density at radius 1 is 1.19 bits per heavy atom. The molecule has 32 heavy (non-hydrogen) atoms. The van der Waals surface area contributed by atoms with Gasteiger partial charge < -0.3 is 19.3 Å². The summed E-state index contributed by atoms with van der Waals surface area (Å²) in [6.45, 7) is 3.12. The van der Waals surface area contributed by atoms with E-state index in [2.05, 4.69) is 5.16 Å². The van der Waals surface area contributed by atoms with Gasteiger partial charge in [-0.15, -0.1) is 0 Å². The van der Waals surface area contributed by atoms with Gasteiger partial charge in [0.1, 0.15) is 23.8 Å². The maximum Gasteiger partial charge on any atom is 0.303 e. The number of hydrogen-bond acceptors (Lipinski definition) is 5. The summed E-state index contributed by atoms with van der Waals surface area (Å²) in [6, 6.07) is 16.9. The van der Waals surface area contributed by atoms with Crippen molar-refractivity contribution in [2.24, 2.45) is 0 Å². The standard InChI is InChI=1S/C25H26N2O5/c1-17-6-2-3-7-19(17)16-31-20-9-4-8-18(14-20)25(30)27-13-5-10-23(27)22-15-21(32-26-22)11-12-24(28)29/h2-4,6-9,14-15,23H,5,10-13,16H2,1H3,(H,28,29). The second-order valence-corrected chi connectivity index (χ2v) is 8.01. The van der Waals surface area contributed by atoms with Crippen molar-refractivity contribution in [2.75, 3.05) is 6.54 Å². The molecular formula is C25H26N2O5. The van der Waals surface area contributed by atoms with Crippen LogP contribution in [0.15, 0.2) is 59.1 Å². The number of carboxylic acids is 1. The van der Waals surface area contributed by atoms with Crippen molar-refractivity contribution < 1.29 is 24.0 Å². The summed E-state index contributed by atoms with van der Waals surface area (Å²) in [4.78, 5) is 25.9. The first kappa shape index (κ1) is 21.6. The Labute approximate surface area is 186 Å². The fraction of sp³-hybridized carbons (Fsp3) is 0.320. The number of aryl methyl sites for hydroxylation is 2. The lowest BCUT2D eigenvalue weighted by molar-refractivity contribution is -0.137. The first-order chi connectivity index (χ1) is 15.5. The fourth-order valence-corrected chi connectivity index (χ4v) is 3.97. The monoisotopic (exact) mass is 434 g/mol. The lowest BCUT2D eigenvalue weighted by Gasteiger charge is -2.23. The summed E-state index contributed by atoms with van der Waals surface area (Å²) in [5.41, 5.74) is 3.50. The van der Waals surface area contributed by atoms with Crippen molar-refractivity contribution in [3.63, 3.8) is 0 Å². The summed E-state index contributed by atoms with van der Waals surface area (Å²) < 4.78 is 11.2. The highest BCUT2D eigenvalue weighted by molar-refractivity contribution is 5.95. The Balaban J connectivity index is 1.44. The van der Waals surface area contributed by atoms with E-state index < -0.39 is 5.97 Å². The van der Waals surface area contributed by atoms with Crippen molar-refractivity contribution in [1.29, 1.82) is 0 Å². The molecule has 4 rings (SSSR count). The number of benzene rings is 2. The highest BCUT2D eigenvalue weighted by Gasteiger charge is 2.33. The number of carbonyl (C=O) groups is 2. The average Bonchev–Trinajstić information content (AvgIpc) is 3.46. The van der Waals surface area contributed by atoms with E-state index in [1.54, 1.807) is 23.1 Å². The smallest absolute Gasteiger partial charge is 0.303 e. The van der Waals surface area contributed by atoms with Crippen LogP contribution in [0.25, 0.3) is 0 Å². The zero-order chi connectivity index (χ0) is 22.5. The average molecular weight is 434 g/mol. The third-order valence-corrected chi connectivity index (χ3v) is 5.75. The molecule has 1 aromatic heterocycles. The number of ether oxygens (including phenoxy) is 1. The van der Waals surface area contributed by atoms with Gasteiger partial charge in [-0.2, -0.15) is 0 Å². The van der Waals surface area contributed by atoms with Crippen molar-refractivity contribution in [2.45, 2.75) is 45.3 Å². The van der Waals surface area contributed by atoms with Gasteiger partial charge in [-0.3, -0.25) is 9.59 Å². The van der Waals surface area contributed by atoms with Gasteiger partial charge >= 0.3 is 5.97 Å². The normalized spacial score (nSPS) is 15.7. The van der Waals surface area contributed by atoms with E-state index in [0.29, 0.717) is 35.9 Å². The van der Waals surface area contributed by atoms with Crippen molar-refractivity contribution in [3.8, 4) is 5.75 Å². The maximum atomic E-state index is 13.3. The van der Waals surface area contributed by atoms with E-state index in [1.807, 2.05) is 43.3 Å². The zero-order valence-corrected chi connectivity index (χ0v) is 18.0. The number of hydrogen-bond donors (Lipinski definition) is 1. The third kappa shape index (κ3) is 4.99. The summed E-state index contributed by atoms with van der Waals surface area (Å²) in [5, 5.41) is 13.0. The molecule has 2 heterocycles. The van der Waals surface area contributed by atoms with Crippen molar-refractivity contribution in [3.05, 3.63) is 82.7 Å². The Kier molecular flexibility index (Phi) is 6.54. The highest BCUT2D eigenvalue weighted by Crippen LogP contribution is 2.33. The summed E-state index contributed by atoms with van der Waals surface area (Å²) in [5.74, 6) is 0.203. The van der Waals surface area contributed by atoms with E-state index in [0.717, 1.165) is 24.0 Å². The first-order valence-electron chi connectivity index (χ1n) is 10.8. The molecule has 166 valence electrons. The molecule has 7 nitrogen and oxygen atoms in total. The number of carbonyl (C=O) groups excluding carboxylic acids is 1. The van der Waals surface area contributed by atoms with Crippen LogP contribution in [0.1, 0.15) is 58.2 Å². The molecule has 0 bridgehead atoms. The molecule has 0 aliphatic carbocycles. The van der Waals surface area contributed by atoms with Crippen LogP contribution in [0.2, 0.25) is 0 Å². The lowest BCUT2D eigenvalue weighted by atomic mass is 10.1. The minimum atomic E-state index is -0.884. The van der Waals surface area contributed by atoms with Crippen molar-refractivity contribution in [1.82, 2.24) is 10.1 Å². The molecule has 3 aromatic rings. The van der Waals surface area contributed by atoms with Crippen LogP contribution >= 0.6 is 0 Å². The molecular weight excluding hydrogens is 408 g/mol. The molecule has 1 N–H and O–H groups in total. The van der Waals surface area contributed by atoms with Gasteiger partial charge in [0.05, 0.1) is 12.5 Å². The molecule has 0 radical (unpaired) electrons. The molecule has 1 aliphatic rings. The van der Waals surface area contributed by atoms with Gasteiger partial charge in [0.15, 0.2) is 0 Å². The van der Waals surface area contributed by atoms with Crippen LogP contribution in [-0.4, -0.2) is 33.6 Å². The Hall–Kier alpha value is -3.61. The van der Waals surface area contributed by atoms with Gasteiger partial charge in [-0.25, -0.2) is 0 Å². The molecule has 1 unspecified atom stereocenters. The van der Waals surface area contributed by atoms with Crippen LogP contribution in [0.4, 0.5) is 0 Å². The zero-order valence-electron chi connectivity index (χ0n) is 18.0. The van der Waals surface area contributed by atoms with E-state index in [9.17, 15) is 9.59 Å². The second kappa shape index (κ2) is 9.68. The minimum Gasteiger partial charge on any atom is -0.489 e.